The van der Waals surface area contributed by atoms with Gasteiger partial charge in [0.15, 0.2) is 0 Å². The number of rotatable bonds is 4. The fourth-order valence-electron chi connectivity index (χ4n) is 6.44. The van der Waals surface area contributed by atoms with Crippen LogP contribution in [0.15, 0.2) is 157 Å². The van der Waals surface area contributed by atoms with E-state index < -0.39 is 0 Å². The van der Waals surface area contributed by atoms with Gasteiger partial charge in [0, 0.05) is 10.8 Å². The van der Waals surface area contributed by atoms with Gasteiger partial charge in [-0.2, -0.15) is 0 Å². The van der Waals surface area contributed by atoms with Crippen molar-refractivity contribution < 1.29 is 4.42 Å². The maximum atomic E-state index is 6.30. The molecule has 43 heavy (non-hydrogen) atoms. The zero-order valence-electron chi connectivity index (χ0n) is 23.6. The lowest BCUT2D eigenvalue weighted by Crippen LogP contribution is -2.26. The number of hydrogen-bond acceptors (Lipinski definition) is 1. The van der Waals surface area contributed by atoms with Crippen molar-refractivity contribution in [1.29, 1.82) is 0 Å². The van der Waals surface area contributed by atoms with Gasteiger partial charge in [0.05, 0.1) is 0 Å². The molecule has 0 atom stereocenters. The van der Waals surface area contributed by atoms with Crippen molar-refractivity contribution in [2.75, 3.05) is 0 Å². The fraction of sp³-hybridized carbons (Fsp3) is 0. The molecule has 7 aromatic carbocycles. The van der Waals surface area contributed by atoms with E-state index >= 15 is 0 Å². The van der Waals surface area contributed by atoms with Gasteiger partial charge in [-0.05, 0) is 84.1 Å². The van der Waals surface area contributed by atoms with Crippen LogP contribution >= 0.6 is 0 Å². The molecule has 0 amide bonds. The highest BCUT2D eigenvalue weighted by molar-refractivity contribution is 6.09. The third-order valence-corrected chi connectivity index (χ3v) is 8.43. The summed E-state index contributed by atoms with van der Waals surface area (Å²) >= 11 is 0. The number of hydrogen-bond donors (Lipinski definition) is 0. The molecule has 0 aliphatic carbocycles. The van der Waals surface area contributed by atoms with E-state index in [-0.39, 0.29) is 0 Å². The molecule has 0 radical (unpaired) electrons. The third-order valence-electron chi connectivity index (χ3n) is 8.43. The highest BCUT2D eigenvalue weighted by atomic mass is 16.3. The van der Waals surface area contributed by atoms with Crippen molar-refractivity contribution in [1.82, 2.24) is 0 Å². The first-order valence-corrected chi connectivity index (χ1v) is 14.6. The van der Waals surface area contributed by atoms with Crippen LogP contribution in [0, 0.1) is 0 Å². The van der Waals surface area contributed by atoms with E-state index in [2.05, 4.69) is 146 Å². The Bertz CT molecular complexity index is 2440. The predicted octanol–water partition coefficient (Wildman–Crippen LogP) is 10.0. The Morgan fingerprint density at radius 1 is 0.442 bits per heavy atom. The van der Waals surface area contributed by atoms with Gasteiger partial charge in [0.1, 0.15) is 11.2 Å². The SMILES string of the molecule is C=C/C=c1\c(=C/c2ccc(-c3cc4oc5ccccc5c4cc3-c3ccccc3)cc2)c2ccccc2c2ccccc12. The molecule has 8 rings (SSSR count). The fourth-order valence-corrected chi connectivity index (χ4v) is 6.44. The Kier molecular flexibility index (Phi) is 6.02. The molecule has 0 bridgehead atoms. The van der Waals surface area contributed by atoms with Gasteiger partial charge < -0.3 is 4.42 Å². The summed E-state index contributed by atoms with van der Waals surface area (Å²) in [5, 5.41) is 9.65. The molecular weight excluding hydrogens is 520 g/mol. The van der Waals surface area contributed by atoms with E-state index in [1.54, 1.807) is 0 Å². The quantitative estimate of drug-likeness (QED) is 0.200. The third kappa shape index (κ3) is 4.26. The molecule has 0 unspecified atom stereocenters. The molecule has 0 aliphatic rings. The summed E-state index contributed by atoms with van der Waals surface area (Å²) in [5.74, 6) is 0. The summed E-state index contributed by atoms with van der Waals surface area (Å²) in [5.41, 5.74) is 7.65. The van der Waals surface area contributed by atoms with Crippen molar-refractivity contribution >= 4 is 55.6 Å². The van der Waals surface area contributed by atoms with Crippen molar-refractivity contribution in [2.24, 2.45) is 0 Å². The number of fused-ring (bicyclic) bond motifs is 6. The van der Waals surface area contributed by atoms with Crippen molar-refractivity contribution in [3.63, 3.8) is 0 Å². The zero-order valence-corrected chi connectivity index (χ0v) is 23.6. The Hall–Kier alpha value is -5.66. The highest BCUT2D eigenvalue weighted by Crippen LogP contribution is 2.39. The Morgan fingerprint density at radius 3 is 1.70 bits per heavy atom. The maximum absolute atomic E-state index is 6.30. The molecule has 1 nitrogen and oxygen atoms in total. The molecular formula is C42H28O. The standard InChI is InChI=1S/C42H28O/c1-2-12-31-32-15-6-7-16-33(32)34-17-8-9-18-35(34)39(31)25-28-21-23-30(24-22-28)38-27-42-40(36-19-10-11-20-41(36)43-42)26-37(38)29-13-4-3-5-14-29/h2-27H,1H2/b31-12-,39-25+. The predicted molar refractivity (Wildman–Crippen MR) is 184 cm³/mol. The molecule has 1 heteroatoms. The number of benzene rings is 7. The summed E-state index contributed by atoms with van der Waals surface area (Å²) in [6, 6.07) is 49.6. The molecule has 0 fully saturated rings. The van der Waals surface area contributed by atoms with Crippen LogP contribution in [-0.4, -0.2) is 0 Å². The maximum Gasteiger partial charge on any atom is 0.136 e. The molecule has 0 saturated carbocycles. The van der Waals surface area contributed by atoms with E-state index in [1.807, 2.05) is 18.2 Å². The van der Waals surface area contributed by atoms with Gasteiger partial charge in [0.2, 0.25) is 0 Å². The molecule has 0 saturated heterocycles. The average molecular weight is 549 g/mol. The van der Waals surface area contributed by atoms with E-state index in [4.69, 9.17) is 4.42 Å². The van der Waals surface area contributed by atoms with E-state index in [1.165, 1.54) is 43.1 Å². The van der Waals surface area contributed by atoms with Crippen molar-refractivity contribution in [3.05, 3.63) is 168 Å². The lowest BCUT2D eigenvalue weighted by atomic mass is 9.92. The molecule has 0 aliphatic heterocycles. The van der Waals surface area contributed by atoms with Gasteiger partial charge in [-0.15, -0.1) is 0 Å². The van der Waals surface area contributed by atoms with E-state index in [9.17, 15) is 0 Å². The van der Waals surface area contributed by atoms with Crippen LogP contribution in [0.25, 0.3) is 77.9 Å². The van der Waals surface area contributed by atoms with Crippen LogP contribution in [0.4, 0.5) is 0 Å². The van der Waals surface area contributed by atoms with Gasteiger partial charge >= 0.3 is 0 Å². The van der Waals surface area contributed by atoms with Crippen LogP contribution in [0.3, 0.4) is 0 Å². The smallest absolute Gasteiger partial charge is 0.136 e. The van der Waals surface area contributed by atoms with Gasteiger partial charge in [0.25, 0.3) is 0 Å². The zero-order chi connectivity index (χ0) is 28.8. The number of furan rings is 1. The second-order valence-corrected chi connectivity index (χ2v) is 10.9. The summed E-state index contributed by atoms with van der Waals surface area (Å²) in [7, 11) is 0. The Balaban J connectivity index is 1.33. The topological polar surface area (TPSA) is 13.1 Å². The second-order valence-electron chi connectivity index (χ2n) is 10.9. The largest absolute Gasteiger partial charge is 0.456 e. The second kappa shape index (κ2) is 10.3. The first-order chi connectivity index (χ1) is 21.3. The summed E-state index contributed by atoms with van der Waals surface area (Å²) in [6.07, 6.45) is 6.31. The summed E-state index contributed by atoms with van der Waals surface area (Å²) < 4.78 is 6.30. The minimum Gasteiger partial charge on any atom is -0.456 e. The molecule has 8 aromatic rings. The average Bonchev–Trinajstić information content (AvgIpc) is 3.44. The van der Waals surface area contributed by atoms with Crippen molar-refractivity contribution in [3.8, 4) is 22.3 Å². The Labute approximate surface area is 250 Å². The summed E-state index contributed by atoms with van der Waals surface area (Å²) in [6.45, 7) is 4.03. The van der Waals surface area contributed by atoms with Crippen LogP contribution in [-0.2, 0) is 0 Å². The minimum absolute atomic E-state index is 0.902. The first kappa shape index (κ1) is 25.1. The van der Waals surface area contributed by atoms with E-state index in [0.29, 0.717) is 0 Å². The lowest BCUT2D eigenvalue weighted by Gasteiger charge is -2.12. The number of allylic oxidation sites excluding steroid dienone is 1. The number of para-hydroxylation sites is 1. The summed E-state index contributed by atoms with van der Waals surface area (Å²) in [4.78, 5) is 0. The highest BCUT2D eigenvalue weighted by Gasteiger charge is 2.14. The van der Waals surface area contributed by atoms with Crippen molar-refractivity contribution in [2.45, 2.75) is 0 Å². The molecule has 202 valence electrons. The molecule has 0 spiro atoms. The molecule has 0 N–H and O–H groups in total. The van der Waals surface area contributed by atoms with Crippen LogP contribution < -0.4 is 10.4 Å². The Morgan fingerprint density at radius 2 is 1.00 bits per heavy atom. The first-order valence-electron chi connectivity index (χ1n) is 14.6. The van der Waals surface area contributed by atoms with Gasteiger partial charge in [-0.25, -0.2) is 0 Å². The monoisotopic (exact) mass is 548 g/mol. The lowest BCUT2D eigenvalue weighted by molar-refractivity contribution is 0.669. The van der Waals surface area contributed by atoms with E-state index in [0.717, 1.165) is 38.6 Å². The van der Waals surface area contributed by atoms with Crippen LogP contribution in [0.2, 0.25) is 0 Å². The molecule has 1 heterocycles. The van der Waals surface area contributed by atoms with Crippen LogP contribution in [0.1, 0.15) is 5.56 Å². The van der Waals surface area contributed by atoms with Gasteiger partial charge in [-0.1, -0.05) is 140 Å². The molecule has 1 aromatic heterocycles. The van der Waals surface area contributed by atoms with Gasteiger partial charge in [-0.3, -0.25) is 0 Å². The normalized spacial score (nSPS) is 12.6. The minimum atomic E-state index is 0.902. The van der Waals surface area contributed by atoms with Crippen LogP contribution in [0.5, 0.6) is 0 Å².